The van der Waals surface area contributed by atoms with Crippen LogP contribution in [0.5, 0.6) is 0 Å². The molecule has 162 valence electrons. The molecule has 0 bridgehead atoms. The second kappa shape index (κ2) is 7.91. The molecule has 2 aromatic rings. The Morgan fingerprint density at radius 2 is 1.97 bits per heavy atom. The molecule has 4 amide bonds. The van der Waals surface area contributed by atoms with Crippen LogP contribution in [0.3, 0.4) is 0 Å². The van der Waals surface area contributed by atoms with Gasteiger partial charge in [0.25, 0.3) is 11.8 Å². The Balaban J connectivity index is 1.55. The van der Waals surface area contributed by atoms with Crippen LogP contribution in [-0.2, 0) is 14.8 Å². The fraction of sp³-hybridized carbons (Fsp3) is 0.263. The second-order valence-electron chi connectivity index (χ2n) is 7.12. The van der Waals surface area contributed by atoms with Gasteiger partial charge in [-0.25, -0.2) is 18.1 Å². The van der Waals surface area contributed by atoms with Crippen LogP contribution in [0.25, 0.3) is 0 Å². The molecule has 2 saturated heterocycles. The first kappa shape index (κ1) is 21.2. The molecule has 0 spiro atoms. The van der Waals surface area contributed by atoms with Crippen molar-refractivity contribution in [2.45, 2.75) is 6.04 Å². The van der Waals surface area contributed by atoms with Gasteiger partial charge in [-0.05, 0) is 30.3 Å². The van der Waals surface area contributed by atoms with Gasteiger partial charge in [-0.3, -0.25) is 14.6 Å². The summed E-state index contributed by atoms with van der Waals surface area (Å²) in [4.78, 5) is 44.3. The molecule has 1 N–H and O–H groups in total. The van der Waals surface area contributed by atoms with E-state index in [0.717, 1.165) is 11.2 Å². The average molecular weight is 464 g/mol. The van der Waals surface area contributed by atoms with Crippen LogP contribution in [0.2, 0.25) is 5.02 Å². The number of hydrogen-bond acceptors (Lipinski definition) is 6. The molecule has 12 heteroatoms. The minimum atomic E-state index is -3.48. The molecular weight excluding hydrogens is 446 g/mol. The minimum Gasteiger partial charge on any atom is -0.321 e. The molecule has 0 radical (unpaired) electrons. The number of nitrogens with zero attached hydrogens (tertiary/aromatic N) is 4. The number of aromatic nitrogens is 1. The number of anilines is 2. The highest BCUT2D eigenvalue weighted by Gasteiger charge is 2.50. The molecule has 0 aliphatic carbocycles. The minimum absolute atomic E-state index is 0.0836. The van der Waals surface area contributed by atoms with Crippen molar-refractivity contribution in [1.29, 1.82) is 0 Å². The summed E-state index contributed by atoms with van der Waals surface area (Å²) < 4.78 is 24.8. The van der Waals surface area contributed by atoms with Gasteiger partial charge in [0.2, 0.25) is 10.0 Å². The van der Waals surface area contributed by atoms with E-state index < -0.39 is 33.9 Å². The average Bonchev–Trinajstić information content (AvgIpc) is 2.98. The Labute approximate surface area is 183 Å². The fourth-order valence-corrected chi connectivity index (χ4v) is 4.64. The van der Waals surface area contributed by atoms with Crippen molar-refractivity contribution in [1.82, 2.24) is 14.2 Å². The van der Waals surface area contributed by atoms with E-state index in [-0.39, 0.29) is 36.0 Å². The first-order valence-electron chi connectivity index (χ1n) is 9.28. The zero-order chi connectivity index (χ0) is 22.3. The lowest BCUT2D eigenvalue weighted by Crippen LogP contribution is -2.54. The number of halogens is 1. The molecule has 2 aliphatic heterocycles. The van der Waals surface area contributed by atoms with Crippen LogP contribution >= 0.6 is 11.6 Å². The van der Waals surface area contributed by atoms with E-state index >= 15 is 0 Å². The molecular formula is C19H18ClN5O5S. The number of carbonyl (C=O) groups excluding carboxylic acids is 3. The number of carbonyl (C=O) groups is 3. The van der Waals surface area contributed by atoms with Crippen molar-refractivity contribution >= 4 is 50.8 Å². The maximum absolute atomic E-state index is 12.9. The highest BCUT2D eigenvalue weighted by Crippen LogP contribution is 2.34. The van der Waals surface area contributed by atoms with Crippen molar-refractivity contribution in [3.8, 4) is 0 Å². The van der Waals surface area contributed by atoms with E-state index in [9.17, 15) is 22.8 Å². The third-order valence-corrected chi connectivity index (χ3v) is 6.67. The number of imide groups is 1. The molecule has 4 rings (SSSR count). The van der Waals surface area contributed by atoms with Gasteiger partial charge >= 0.3 is 6.03 Å². The van der Waals surface area contributed by atoms with E-state index in [2.05, 4.69) is 10.3 Å². The van der Waals surface area contributed by atoms with Crippen molar-refractivity contribution < 1.29 is 22.8 Å². The number of rotatable bonds is 4. The standard InChI is InChI=1S/C19H18ClN5O5S/c1-31(29,30)23-8-9-24-16(11-23)18(27)25(19(24)28)15-6-5-12(10-13(15)20)22-17(26)14-4-2-3-7-21-14/h2-7,10,16H,8-9,11H2,1H3,(H,22,26). The Bertz CT molecular complexity index is 1170. The van der Waals surface area contributed by atoms with Crippen LogP contribution in [-0.4, -0.2) is 72.4 Å². The molecule has 2 fully saturated rings. The lowest BCUT2D eigenvalue weighted by atomic mass is 10.2. The largest absolute Gasteiger partial charge is 0.332 e. The van der Waals surface area contributed by atoms with Gasteiger partial charge in [0.15, 0.2) is 0 Å². The van der Waals surface area contributed by atoms with E-state index in [1.807, 2.05) is 0 Å². The van der Waals surface area contributed by atoms with E-state index in [1.165, 1.54) is 33.6 Å². The van der Waals surface area contributed by atoms with Gasteiger partial charge in [-0.1, -0.05) is 17.7 Å². The van der Waals surface area contributed by atoms with E-state index in [4.69, 9.17) is 11.6 Å². The lowest BCUT2D eigenvalue weighted by Gasteiger charge is -2.33. The Morgan fingerprint density at radius 3 is 2.61 bits per heavy atom. The second-order valence-corrected chi connectivity index (χ2v) is 9.51. The van der Waals surface area contributed by atoms with E-state index in [0.29, 0.717) is 5.69 Å². The molecule has 1 unspecified atom stereocenters. The molecule has 1 atom stereocenters. The molecule has 3 heterocycles. The number of nitrogens with one attached hydrogen (secondary N) is 1. The van der Waals surface area contributed by atoms with Gasteiger partial charge in [-0.15, -0.1) is 0 Å². The number of pyridine rings is 1. The van der Waals surface area contributed by atoms with Crippen LogP contribution in [0.15, 0.2) is 42.6 Å². The predicted molar refractivity (Wildman–Crippen MR) is 113 cm³/mol. The number of benzene rings is 1. The summed E-state index contributed by atoms with van der Waals surface area (Å²) in [5.74, 6) is -0.985. The maximum atomic E-state index is 12.9. The highest BCUT2D eigenvalue weighted by atomic mass is 35.5. The van der Waals surface area contributed by atoms with Gasteiger partial charge in [0, 0.05) is 31.5 Å². The Kier molecular flexibility index (Phi) is 5.42. The zero-order valence-corrected chi connectivity index (χ0v) is 17.9. The third kappa shape index (κ3) is 3.99. The number of hydrogen-bond donors (Lipinski definition) is 1. The van der Waals surface area contributed by atoms with Crippen LogP contribution in [0, 0.1) is 0 Å². The number of sulfonamides is 1. The van der Waals surface area contributed by atoms with Crippen molar-refractivity contribution in [3.05, 3.63) is 53.3 Å². The van der Waals surface area contributed by atoms with Gasteiger partial charge in [0.05, 0.1) is 17.0 Å². The summed E-state index contributed by atoms with van der Waals surface area (Å²) in [5, 5.41) is 2.74. The van der Waals surface area contributed by atoms with E-state index in [1.54, 1.807) is 18.2 Å². The molecule has 2 aliphatic rings. The zero-order valence-electron chi connectivity index (χ0n) is 16.4. The summed E-state index contributed by atoms with van der Waals surface area (Å²) in [7, 11) is -3.48. The number of piperazine rings is 1. The number of urea groups is 1. The first-order chi connectivity index (χ1) is 14.7. The summed E-state index contributed by atoms with van der Waals surface area (Å²) in [6, 6.07) is 7.87. The van der Waals surface area contributed by atoms with Crippen LogP contribution < -0.4 is 10.2 Å². The van der Waals surface area contributed by atoms with Crippen molar-refractivity contribution in [2.75, 3.05) is 36.1 Å². The Hall–Kier alpha value is -3.02. The molecule has 31 heavy (non-hydrogen) atoms. The lowest BCUT2D eigenvalue weighted by molar-refractivity contribution is -0.120. The van der Waals surface area contributed by atoms with Gasteiger partial charge in [0.1, 0.15) is 11.7 Å². The van der Waals surface area contributed by atoms with Crippen LogP contribution in [0.1, 0.15) is 10.5 Å². The smallest absolute Gasteiger partial charge is 0.321 e. The molecule has 0 saturated carbocycles. The normalized spacial score (nSPS) is 19.5. The summed E-state index contributed by atoms with van der Waals surface area (Å²) in [6.07, 6.45) is 2.56. The topological polar surface area (TPSA) is 120 Å². The third-order valence-electron chi connectivity index (χ3n) is 5.10. The summed E-state index contributed by atoms with van der Waals surface area (Å²) in [6.45, 7) is 0.124. The monoisotopic (exact) mass is 463 g/mol. The number of amides is 4. The quantitative estimate of drug-likeness (QED) is 0.684. The maximum Gasteiger partial charge on any atom is 0.332 e. The predicted octanol–water partition coefficient (Wildman–Crippen LogP) is 1.40. The van der Waals surface area contributed by atoms with Crippen LogP contribution in [0.4, 0.5) is 16.2 Å². The molecule has 1 aromatic heterocycles. The first-order valence-corrected chi connectivity index (χ1v) is 11.5. The Morgan fingerprint density at radius 1 is 1.19 bits per heavy atom. The number of fused-ring (bicyclic) bond motifs is 1. The molecule has 10 nitrogen and oxygen atoms in total. The SMILES string of the molecule is CS(=O)(=O)N1CCN2C(=O)N(c3ccc(NC(=O)c4ccccn4)cc3Cl)C(=O)C2C1. The van der Waals surface area contributed by atoms with Crippen molar-refractivity contribution in [3.63, 3.8) is 0 Å². The molecule has 1 aromatic carbocycles. The van der Waals surface area contributed by atoms with Crippen molar-refractivity contribution in [2.24, 2.45) is 0 Å². The van der Waals surface area contributed by atoms with Gasteiger partial charge in [-0.2, -0.15) is 4.31 Å². The summed E-state index contributed by atoms with van der Waals surface area (Å²) >= 11 is 6.33. The fourth-order valence-electron chi connectivity index (χ4n) is 3.55. The summed E-state index contributed by atoms with van der Waals surface area (Å²) in [5.41, 5.74) is 0.747. The highest BCUT2D eigenvalue weighted by molar-refractivity contribution is 7.88. The van der Waals surface area contributed by atoms with Gasteiger partial charge < -0.3 is 10.2 Å².